The number of fused-ring (bicyclic) bond motifs is 3. The molecular weight excluding hydrogens is 458 g/mol. The second-order valence-electron chi connectivity index (χ2n) is 10.5. The molecule has 1 spiro atoms. The van der Waals surface area contributed by atoms with E-state index in [0.717, 1.165) is 61.2 Å². The highest BCUT2D eigenvalue weighted by Gasteiger charge is 2.46. The van der Waals surface area contributed by atoms with Crippen LogP contribution in [0.1, 0.15) is 67.1 Å². The summed E-state index contributed by atoms with van der Waals surface area (Å²) in [6.07, 6.45) is 9.32. The number of nitrogens with one attached hydrogen (secondary N) is 2. The van der Waals surface area contributed by atoms with Gasteiger partial charge in [0.1, 0.15) is 41.2 Å². The van der Waals surface area contributed by atoms with Crippen molar-refractivity contribution < 1.29 is 9.53 Å². The monoisotopic (exact) mass is 491 g/mol. The third-order valence-electron chi connectivity index (χ3n) is 8.09. The lowest BCUT2D eigenvalue weighted by Crippen LogP contribution is -2.45. The van der Waals surface area contributed by atoms with Gasteiger partial charge in [0.15, 0.2) is 5.82 Å². The molecule has 2 aliphatic heterocycles. The van der Waals surface area contributed by atoms with Gasteiger partial charge in [0.05, 0.1) is 6.20 Å². The Balaban J connectivity index is 1.33. The number of hydrogen-bond acceptors (Lipinski definition) is 7. The van der Waals surface area contributed by atoms with E-state index in [1.54, 1.807) is 15.1 Å². The van der Waals surface area contributed by atoms with Crippen LogP contribution in [0.2, 0.25) is 0 Å². The van der Waals surface area contributed by atoms with Crippen LogP contribution in [-0.4, -0.2) is 55.7 Å². The summed E-state index contributed by atoms with van der Waals surface area (Å²) >= 11 is 0. The summed E-state index contributed by atoms with van der Waals surface area (Å²) < 4.78 is 9.63. The number of pyridine rings is 1. The summed E-state index contributed by atoms with van der Waals surface area (Å²) in [6.45, 7) is 8.90. The van der Waals surface area contributed by atoms with Crippen LogP contribution in [0.4, 0.5) is 11.5 Å². The van der Waals surface area contributed by atoms with Gasteiger partial charge in [-0.15, -0.1) is 0 Å². The zero-order valence-corrected chi connectivity index (χ0v) is 21.1. The first-order valence-electron chi connectivity index (χ1n) is 12.9. The molecule has 3 aromatic heterocycles. The van der Waals surface area contributed by atoms with Crippen LogP contribution in [0.3, 0.4) is 0 Å². The molecule has 1 saturated carbocycles. The van der Waals surface area contributed by atoms with E-state index in [2.05, 4.69) is 32.5 Å². The average molecular weight is 492 g/mol. The summed E-state index contributed by atoms with van der Waals surface area (Å²) in [5.74, 6) is 1.11. The topological polar surface area (TPSA) is 106 Å². The molecule has 2 N–H and O–H groups in total. The number of carbonyl (C=O) groups excluding carboxylic acids is 1. The molecule has 1 atom stereocenters. The Kier molecular flexibility index (Phi) is 5.51. The molecule has 0 radical (unpaired) electrons. The van der Waals surface area contributed by atoms with Gasteiger partial charge in [-0.3, -0.25) is 19.1 Å². The first-order valence-corrected chi connectivity index (χ1v) is 12.9. The lowest BCUT2D eigenvalue weighted by Gasteiger charge is -2.26. The Morgan fingerprint density at radius 1 is 1.17 bits per heavy atom. The summed E-state index contributed by atoms with van der Waals surface area (Å²) in [5.41, 5.74) is 2.45. The van der Waals surface area contributed by atoms with Gasteiger partial charge in [-0.25, -0.2) is 9.50 Å². The molecule has 1 amide bonds. The fraction of sp³-hybridized carbons (Fsp3) is 0.538. The number of likely N-dealkylation sites (tertiary alicyclic amines) is 1. The fourth-order valence-corrected chi connectivity index (χ4v) is 6.16. The van der Waals surface area contributed by atoms with Gasteiger partial charge >= 0.3 is 0 Å². The van der Waals surface area contributed by atoms with Crippen molar-refractivity contribution in [2.45, 2.75) is 71.0 Å². The van der Waals surface area contributed by atoms with E-state index in [4.69, 9.17) is 4.74 Å². The van der Waals surface area contributed by atoms with Gasteiger partial charge in [-0.1, -0.05) is 0 Å². The molecule has 6 rings (SSSR count). The minimum absolute atomic E-state index is 0.171. The van der Waals surface area contributed by atoms with Crippen molar-refractivity contribution in [3.05, 3.63) is 45.8 Å². The van der Waals surface area contributed by atoms with Gasteiger partial charge < -0.3 is 15.4 Å². The molecule has 1 aliphatic carbocycles. The SMILES string of the molecule is Cc1cc(Nc2ncnn3cc(OC[C@@H](C)N4CCCC4)c(C)c23)c(=O)n2c1C(=O)NC21CCCC1. The average Bonchev–Trinajstić information content (AvgIpc) is 3.64. The molecular formula is C26H33N7O3. The second-order valence-corrected chi connectivity index (χ2v) is 10.5. The number of anilines is 2. The standard InChI is InChI=1S/C26H33N7O3/c1-16-12-19(25(35)33-21(16)24(34)30-26(33)8-4-5-9-26)29-23-22-18(3)20(13-32(22)28-15-27-23)36-14-17(2)31-10-6-7-11-31/h12-13,15,17H,4-11,14H2,1-3H3,(H,30,34)(H,27,28,29)/t17-/m1/s1. The van der Waals surface area contributed by atoms with Crippen LogP contribution in [0.25, 0.3) is 5.52 Å². The molecule has 5 heterocycles. The van der Waals surface area contributed by atoms with Crippen LogP contribution in [0, 0.1) is 13.8 Å². The number of carbonyl (C=O) groups is 1. The Bertz CT molecular complexity index is 1400. The van der Waals surface area contributed by atoms with Gasteiger partial charge in [0, 0.05) is 11.6 Å². The predicted octanol–water partition coefficient (Wildman–Crippen LogP) is 3.08. The van der Waals surface area contributed by atoms with Gasteiger partial charge in [0.2, 0.25) is 0 Å². The van der Waals surface area contributed by atoms with Crippen molar-refractivity contribution in [1.82, 2.24) is 29.4 Å². The van der Waals surface area contributed by atoms with E-state index in [-0.39, 0.29) is 11.5 Å². The van der Waals surface area contributed by atoms with Crippen molar-refractivity contribution in [2.24, 2.45) is 0 Å². The number of aryl methyl sites for hydroxylation is 2. The van der Waals surface area contributed by atoms with E-state index in [0.29, 0.717) is 29.8 Å². The molecule has 10 nitrogen and oxygen atoms in total. The smallest absolute Gasteiger partial charge is 0.276 e. The van der Waals surface area contributed by atoms with Crippen LogP contribution >= 0.6 is 0 Å². The van der Waals surface area contributed by atoms with Crippen molar-refractivity contribution in [3.8, 4) is 5.75 Å². The van der Waals surface area contributed by atoms with E-state index < -0.39 is 5.66 Å². The predicted molar refractivity (Wildman–Crippen MR) is 136 cm³/mol. The fourth-order valence-electron chi connectivity index (χ4n) is 6.16. The van der Waals surface area contributed by atoms with E-state index in [1.807, 2.05) is 20.0 Å². The number of ether oxygens (including phenoxy) is 1. The van der Waals surface area contributed by atoms with E-state index in [9.17, 15) is 9.59 Å². The molecule has 0 unspecified atom stereocenters. The molecule has 10 heteroatoms. The molecule has 0 bridgehead atoms. The van der Waals surface area contributed by atoms with Crippen LogP contribution in [0.5, 0.6) is 5.75 Å². The zero-order chi connectivity index (χ0) is 25.0. The first kappa shape index (κ1) is 23.0. The number of aromatic nitrogens is 4. The Morgan fingerprint density at radius 3 is 2.67 bits per heavy atom. The van der Waals surface area contributed by atoms with Crippen molar-refractivity contribution in [2.75, 3.05) is 25.0 Å². The summed E-state index contributed by atoms with van der Waals surface area (Å²) in [7, 11) is 0. The number of rotatable bonds is 6. The highest BCUT2D eigenvalue weighted by molar-refractivity contribution is 5.97. The number of hydrogen-bond donors (Lipinski definition) is 2. The Hall–Kier alpha value is -3.40. The summed E-state index contributed by atoms with van der Waals surface area (Å²) in [6, 6.07) is 2.08. The lowest BCUT2D eigenvalue weighted by molar-refractivity contribution is 0.0920. The number of amides is 1. The molecule has 36 heavy (non-hydrogen) atoms. The lowest BCUT2D eigenvalue weighted by atomic mass is 10.1. The van der Waals surface area contributed by atoms with Crippen LogP contribution in [-0.2, 0) is 5.66 Å². The minimum Gasteiger partial charge on any atom is -0.490 e. The van der Waals surface area contributed by atoms with Gasteiger partial charge in [0.25, 0.3) is 11.5 Å². The Morgan fingerprint density at radius 2 is 1.92 bits per heavy atom. The van der Waals surface area contributed by atoms with Crippen molar-refractivity contribution in [3.63, 3.8) is 0 Å². The molecule has 190 valence electrons. The van der Waals surface area contributed by atoms with Crippen LogP contribution < -0.4 is 20.9 Å². The first-order chi connectivity index (χ1) is 17.4. The Labute approximate surface area is 209 Å². The third kappa shape index (κ3) is 3.57. The largest absolute Gasteiger partial charge is 0.490 e. The molecule has 2 fully saturated rings. The minimum atomic E-state index is -0.620. The molecule has 0 aromatic carbocycles. The van der Waals surface area contributed by atoms with E-state index >= 15 is 0 Å². The summed E-state index contributed by atoms with van der Waals surface area (Å²) in [5, 5.41) is 10.7. The summed E-state index contributed by atoms with van der Waals surface area (Å²) in [4.78, 5) is 33.4. The van der Waals surface area contributed by atoms with Crippen LogP contribution in [0.15, 0.2) is 23.4 Å². The van der Waals surface area contributed by atoms with Crippen molar-refractivity contribution in [1.29, 1.82) is 0 Å². The number of nitrogens with zero attached hydrogens (tertiary/aromatic N) is 5. The van der Waals surface area contributed by atoms with Crippen molar-refractivity contribution >= 4 is 22.9 Å². The van der Waals surface area contributed by atoms with Gasteiger partial charge in [-0.05, 0) is 84.0 Å². The third-order valence-corrected chi connectivity index (χ3v) is 8.09. The second kappa shape index (κ2) is 8.62. The maximum Gasteiger partial charge on any atom is 0.276 e. The molecule has 3 aromatic rings. The molecule has 1 saturated heterocycles. The highest BCUT2D eigenvalue weighted by atomic mass is 16.5. The maximum atomic E-state index is 13.7. The maximum absolute atomic E-state index is 13.7. The normalized spacial score (nSPS) is 19.7. The molecule has 3 aliphatic rings. The zero-order valence-electron chi connectivity index (χ0n) is 21.1. The van der Waals surface area contributed by atoms with Gasteiger partial charge in [-0.2, -0.15) is 5.10 Å². The quantitative estimate of drug-likeness (QED) is 0.546. The highest BCUT2D eigenvalue weighted by Crippen LogP contribution is 2.39. The van der Waals surface area contributed by atoms with E-state index in [1.165, 1.54) is 19.2 Å².